The number of methoxy groups -OCH3 is 1. The molecule has 3 N–H and O–H groups in total. The van der Waals surface area contributed by atoms with Crippen LogP contribution in [0.5, 0.6) is 5.75 Å². The summed E-state index contributed by atoms with van der Waals surface area (Å²) in [6.45, 7) is 1.96. The molecule has 134 valence electrons. The van der Waals surface area contributed by atoms with Crippen molar-refractivity contribution >= 4 is 0 Å². The smallest absolute Gasteiger partial charge is 0.186 e. The maximum Gasteiger partial charge on any atom is 0.186 e. The van der Waals surface area contributed by atoms with E-state index in [0.717, 1.165) is 11.3 Å². The molecule has 3 aliphatic rings. The molecule has 7 nitrogen and oxygen atoms in total. The lowest BCUT2D eigenvalue weighted by molar-refractivity contribution is -0.292. The van der Waals surface area contributed by atoms with Crippen molar-refractivity contribution in [3.63, 3.8) is 0 Å². The first-order valence-corrected chi connectivity index (χ1v) is 8.28. The second-order valence-electron chi connectivity index (χ2n) is 6.03. The molecule has 3 fully saturated rings. The van der Waals surface area contributed by atoms with Crippen LogP contribution in [-0.4, -0.2) is 67.8 Å². The average Bonchev–Trinajstić information content (AvgIpc) is 2.74. The molecule has 7 heteroatoms. The van der Waals surface area contributed by atoms with E-state index in [4.69, 9.17) is 18.9 Å². The van der Waals surface area contributed by atoms with E-state index in [-0.39, 0.29) is 0 Å². The van der Waals surface area contributed by atoms with E-state index in [9.17, 15) is 10.2 Å². The first kappa shape index (κ1) is 17.6. The van der Waals surface area contributed by atoms with E-state index < -0.39 is 30.7 Å². The van der Waals surface area contributed by atoms with Gasteiger partial charge in [-0.2, -0.15) is 0 Å². The van der Waals surface area contributed by atoms with Gasteiger partial charge in [0.05, 0.1) is 13.7 Å². The number of hydrogen-bond donors (Lipinski definition) is 3. The maximum atomic E-state index is 10.3. The van der Waals surface area contributed by atoms with Gasteiger partial charge in [-0.3, -0.25) is 0 Å². The van der Waals surface area contributed by atoms with Crippen LogP contribution in [0, 0.1) is 0 Å². The normalized spacial score (nSPS) is 33.5. The van der Waals surface area contributed by atoms with Crippen molar-refractivity contribution in [2.75, 3.05) is 26.9 Å². The molecule has 3 aliphatic heterocycles. The van der Waals surface area contributed by atoms with E-state index in [1.165, 1.54) is 0 Å². The molecular weight excluding hydrogens is 314 g/mol. The average molecular weight is 339 g/mol. The van der Waals surface area contributed by atoms with E-state index >= 15 is 0 Å². The van der Waals surface area contributed by atoms with Crippen LogP contribution >= 0.6 is 0 Å². The molecule has 3 saturated heterocycles. The molecule has 4 rings (SSSR count). The molecule has 0 aliphatic carbocycles. The van der Waals surface area contributed by atoms with Gasteiger partial charge in [0.2, 0.25) is 0 Å². The molecule has 0 amide bonds. The van der Waals surface area contributed by atoms with Crippen LogP contribution in [0.4, 0.5) is 0 Å². The van der Waals surface area contributed by atoms with E-state index in [2.05, 4.69) is 5.32 Å². The Labute approximate surface area is 141 Å². The summed E-state index contributed by atoms with van der Waals surface area (Å²) in [7, 11) is 1.64. The van der Waals surface area contributed by atoms with Gasteiger partial charge in [-0.05, 0) is 12.5 Å². The van der Waals surface area contributed by atoms with Crippen molar-refractivity contribution < 1.29 is 29.2 Å². The Morgan fingerprint density at radius 1 is 1.17 bits per heavy atom. The molecule has 0 spiro atoms. The van der Waals surface area contributed by atoms with Gasteiger partial charge < -0.3 is 34.5 Å². The van der Waals surface area contributed by atoms with Crippen LogP contribution in [0.15, 0.2) is 24.3 Å². The van der Waals surface area contributed by atoms with Gasteiger partial charge in [0.1, 0.15) is 30.2 Å². The number of rotatable bonds is 5. The standard InChI is InChI=1S/C17H25NO6/c1-21-12-6-3-2-5-11(12)9-18-10-13-16-14(19)15(20)17(24-13)23-8-4-7-22-16/h2-3,5-6,13-20H,4,7-10H2,1H3. The highest BCUT2D eigenvalue weighted by atomic mass is 16.7. The summed E-state index contributed by atoms with van der Waals surface area (Å²) in [4.78, 5) is 0. The van der Waals surface area contributed by atoms with Gasteiger partial charge >= 0.3 is 0 Å². The van der Waals surface area contributed by atoms with E-state index in [1.54, 1.807) is 7.11 Å². The van der Waals surface area contributed by atoms with Gasteiger partial charge in [0.15, 0.2) is 6.29 Å². The minimum absolute atomic E-state index is 0.402. The number of hydrogen-bond acceptors (Lipinski definition) is 7. The molecule has 24 heavy (non-hydrogen) atoms. The largest absolute Gasteiger partial charge is 0.496 e. The molecule has 5 atom stereocenters. The number of nitrogens with one attached hydrogen (secondary N) is 1. The van der Waals surface area contributed by atoms with Crippen LogP contribution in [0.3, 0.4) is 0 Å². The molecule has 3 heterocycles. The third kappa shape index (κ3) is 3.88. The first-order valence-electron chi connectivity index (χ1n) is 8.28. The van der Waals surface area contributed by atoms with Crippen molar-refractivity contribution in [2.24, 2.45) is 0 Å². The third-order valence-corrected chi connectivity index (χ3v) is 4.38. The summed E-state index contributed by atoms with van der Waals surface area (Å²) in [6.07, 6.45) is -3.23. The molecule has 0 saturated carbocycles. The van der Waals surface area contributed by atoms with Gasteiger partial charge in [-0.25, -0.2) is 0 Å². The number of fused-ring (bicyclic) bond motifs is 6. The Morgan fingerprint density at radius 3 is 2.79 bits per heavy atom. The number of para-hydroxylation sites is 1. The van der Waals surface area contributed by atoms with Crippen molar-refractivity contribution in [1.29, 1.82) is 0 Å². The lowest BCUT2D eigenvalue weighted by Crippen LogP contribution is -2.60. The van der Waals surface area contributed by atoms with Gasteiger partial charge in [-0.1, -0.05) is 18.2 Å². The van der Waals surface area contributed by atoms with Gasteiger partial charge in [0.25, 0.3) is 0 Å². The summed E-state index contributed by atoms with van der Waals surface area (Å²) in [5.74, 6) is 0.817. The molecule has 2 bridgehead atoms. The number of ether oxygens (including phenoxy) is 4. The molecule has 1 aromatic rings. The van der Waals surface area contributed by atoms with Gasteiger partial charge in [0, 0.05) is 25.3 Å². The van der Waals surface area contributed by atoms with Crippen molar-refractivity contribution in [3.8, 4) is 5.75 Å². The predicted octanol–water partition coefficient (Wildman–Crippen LogP) is 0.0370. The Bertz CT molecular complexity index is 526. The fourth-order valence-corrected chi connectivity index (χ4v) is 3.09. The first-order chi connectivity index (χ1) is 11.7. The zero-order valence-corrected chi connectivity index (χ0v) is 13.8. The predicted molar refractivity (Wildman–Crippen MR) is 85.7 cm³/mol. The van der Waals surface area contributed by atoms with Crippen LogP contribution in [0.25, 0.3) is 0 Å². The summed E-state index contributed by atoms with van der Waals surface area (Å²) < 4.78 is 22.3. The van der Waals surface area contributed by atoms with Crippen LogP contribution in [0.2, 0.25) is 0 Å². The molecule has 0 aromatic heterocycles. The fraction of sp³-hybridized carbons (Fsp3) is 0.647. The highest BCUT2D eigenvalue weighted by Crippen LogP contribution is 2.26. The number of aliphatic hydroxyl groups excluding tert-OH is 2. The SMILES string of the molecule is COc1ccccc1CNCC1OC2OCCCOC1C(O)C2O. The third-order valence-electron chi connectivity index (χ3n) is 4.38. The number of aliphatic hydroxyl groups is 2. The zero-order valence-electron chi connectivity index (χ0n) is 13.8. The molecule has 5 unspecified atom stereocenters. The molecule has 1 aromatic carbocycles. The highest BCUT2D eigenvalue weighted by Gasteiger charge is 2.46. The quantitative estimate of drug-likeness (QED) is 0.698. The Balaban J connectivity index is 1.61. The van der Waals surface area contributed by atoms with Crippen molar-refractivity contribution in [3.05, 3.63) is 29.8 Å². The van der Waals surface area contributed by atoms with Gasteiger partial charge in [-0.15, -0.1) is 0 Å². The lowest BCUT2D eigenvalue weighted by Gasteiger charge is -2.41. The summed E-state index contributed by atoms with van der Waals surface area (Å²) in [5, 5.41) is 23.7. The fourth-order valence-electron chi connectivity index (χ4n) is 3.09. The van der Waals surface area contributed by atoms with Crippen LogP contribution < -0.4 is 10.1 Å². The summed E-state index contributed by atoms with van der Waals surface area (Å²) in [5.41, 5.74) is 1.03. The minimum atomic E-state index is -1.10. The Kier molecular flexibility index (Phi) is 6.04. The second-order valence-corrected chi connectivity index (χ2v) is 6.03. The minimum Gasteiger partial charge on any atom is -0.496 e. The second kappa shape index (κ2) is 8.24. The maximum absolute atomic E-state index is 10.3. The topological polar surface area (TPSA) is 89.4 Å². The molecular formula is C17H25NO6. The summed E-state index contributed by atoms with van der Waals surface area (Å²) >= 11 is 0. The van der Waals surface area contributed by atoms with Crippen molar-refractivity contribution in [1.82, 2.24) is 5.32 Å². The summed E-state index contributed by atoms with van der Waals surface area (Å²) in [6, 6.07) is 7.77. The van der Waals surface area contributed by atoms with E-state index in [1.807, 2.05) is 24.3 Å². The zero-order chi connectivity index (χ0) is 16.9. The van der Waals surface area contributed by atoms with E-state index in [0.29, 0.717) is 32.7 Å². The van der Waals surface area contributed by atoms with Crippen LogP contribution in [0.1, 0.15) is 12.0 Å². The molecule has 0 radical (unpaired) electrons. The van der Waals surface area contributed by atoms with Crippen molar-refractivity contribution in [2.45, 2.75) is 43.7 Å². The lowest BCUT2D eigenvalue weighted by atomic mass is 9.98. The van der Waals surface area contributed by atoms with Crippen LogP contribution in [-0.2, 0) is 20.8 Å². The number of benzene rings is 1. The Morgan fingerprint density at radius 2 is 1.96 bits per heavy atom. The highest BCUT2D eigenvalue weighted by molar-refractivity contribution is 5.32. The monoisotopic (exact) mass is 339 g/mol. The Hall–Kier alpha value is -1.22.